The van der Waals surface area contributed by atoms with Gasteiger partial charge in [0.2, 0.25) is 5.91 Å². The number of nitrogens with one attached hydrogen (secondary N) is 5. The van der Waals surface area contributed by atoms with E-state index in [0.29, 0.717) is 25.1 Å². The lowest BCUT2D eigenvalue weighted by Gasteiger charge is -2.22. The molecule has 4 amide bonds. The number of imidazole rings is 1. The predicted molar refractivity (Wildman–Crippen MR) is 138 cm³/mol. The molecular formula is C25H37N7O6. The Bertz CT molecular complexity index is 1020. The molecule has 1 heterocycles. The first kappa shape index (κ1) is 30.1. The highest BCUT2D eigenvalue weighted by Crippen LogP contribution is 2.08. The summed E-state index contributed by atoms with van der Waals surface area (Å²) in [6.45, 7) is 5.66. The molecule has 0 spiro atoms. The second-order valence-electron chi connectivity index (χ2n) is 9.53. The summed E-state index contributed by atoms with van der Waals surface area (Å²) in [6, 6.07) is 7.09. The van der Waals surface area contributed by atoms with E-state index in [9.17, 15) is 19.2 Å². The Morgan fingerprint density at radius 3 is 2.37 bits per heavy atom. The summed E-state index contributed by atoms with van der Waals surface area (Å²) in [5, 5.41) is 7.83. The smallest absolute Gasteiger partial charge is 0.408 e. The number of benzene rings is 1. The van der Waals surface area contributed by atoms with E-state index in [1.807, 2.05) is 23.6 Å². The Hall–Kier alpha value is -4.13. The molecule has 1 aromatic heterocycles. The highest BCUT2D eigenvalue weighted by atomic mass is 16.6. The molecule has 2 atom stereocenters. The minimum absolute atomic E-state index is 0.0284. The topological polar surface area (TPSA) is 190 Å². The molecule has 0 saturated heterocycles. The van der Waals surface area contributed by atoms with Gasteiger partial charge in [-0.3, -0.25) is 15.0 Å². The van der Waals surface area contributed by atoms with Crippen LogP contribution in [0.5, 0.6) is 0 Å². The standard InChI is InChI=1S/C25H37N7O6/c1-25(2,3)38-23(35)28-12-8-7-11-19(22(34)32-26)30-21(33)20(13-18-14-27-16-29-18)31-24(36)37-15-17-9-5-4-6-10-17/h4-6,9-10,14,16,19-20H,7-8,11-13,15,26H2,1-3H3,(H,27,29)(H,28,35)(H,30,33)(H,31,36)(H,32,34)/t19?,20-/m1/s1. The van der Waals surface area contributed by atoms with Crippen LogP contribution >= 0.6 is 0 Å². The van der Waals surface area contributed by atoms with Crippen LogP contribution in [-0.4, -0.2) is 58.2 Å². The Morgan fingerprint density at radius 1 is 1.00 bits per heavy atom. The minimum Gasteiger partial charge on any atom is -0.445 e. The third kappa shape index (κ3) is 11.7. The molecule has 1 aromatic carbocycles. The molecule has 13 nitrogen and oxygen atoms in total. The number of hydrazine groups is 1. The van der Waals surface area contributed by atoms with Gasteiger partial charge in [-0.2, -0.15) is 0 Å². The summed E-state index contributed by atoms with van der Waals surface area (Å²) >= 11 is 0. The van der Waals surface area contributed by atoms with Crippen molar-refractivity contribution in [2.75, 3.05) is 6.54 Å². The molecule has 0 fully saturated rings. The molecular weight excluding hydrogens is 494 g/mol. The number of alkyl carbamates (subject to hydrolysis) is 2. The first-order valence-corrected chi connectivity index (χ1v) is 12.3. The van der Waals surface area contributed by atoms with E-state index >= 15 is 0 Å². The van der Waals surface area contributed by atoms with E-state index in [2.05, 4.69) is 25.9 Å². The van der Waals surface area contributed by atoms with Crippen molar-refractivity contribution in [3.05, 3.63) is 54.1 Å². The molecule has 0 saturated carbocycles. The lowest BCUT2D eigenvalue weighted by atomic mass is 10.1. The number of carbonyl (C=O) groups is 4. The number of hydrogen-bond acceptors (Lipinski definition) is 8. The monoisotopic (exact) mass is 531 g/mol. The van der Waals surface area contributed by atoms with Crippen molar-refractivity contribution >= 4 is 24.0 Å². The Kier molecular flexibility index (Phi) is 12.0. The lowest BCUT2D eigenvalue weighted by Crippen LogP contribution is -2.55. The van der Waals surface area contributed by atoms with Crippen LogP contribution in [-0.2, 0) is 32.1 Å². The largest absolute Gasteiger partial charge is 0.445 e. The van der Waals surface area contributed by atoms with Gasteiger partial charge in [0.05, 0.1) is 6.33 Å². The predicted octanol–water partition coefficient (Wildman–Crippen LogP) is 1.42. The van der Waals surface area contributed by atoms with E-state index in [1.165, 1.54) is 12.5 Å². The van der Waals surface area contributed by atoms with Crippen molar-refractivity contribution in [2.24, 2.45) is 5.84 Å². The van der Waals surface area contributed by atoms with Crippen molar-refractivity contribution in [3.63, 3.8) is 0 Å². The number of ether oxygens (including phenoxy) is 2. The van der Waals surface area contributed by atoms with E-state index < -0.39 is 41.7 Å². The summed E-state index contributed by atoms with van der Waals surface area (Å²) < 4.78 is 10.4. The zero-order valence-electron chi connectivity index (χ0n) is 21.9. The molecule has 13 heteroatoms. The maximum atomic E-state index is 13.1. The Morgan fingerprint density at radius 2 is 1.74 bits per heavy atom. The minimum atomic E-state index is -1.05. The average molecular weight is 532 g/mol. The third-order valence-corrected chi connectivity index (χ3v) is 5.16. The first-order chi connectivity index (χ1) is 18.1. The average Bonchev–Trinajstić information content (AvgIpc) is 3.38. The number of aromatic nitrogens is 2. The highest BCUT2D eigenvalue weighted by molar-refractivity contribution is 5.91. The summed E-state index contributed by atoms with van der Waals surface area (Å²) in [5.74, 6) is 4.12. The van der Waals surface area contributed by atoms with Gasteiger partial charge in [-0.1, -0.05) is 30.3 Å². The van der Waals surface area contributed by atoms with Gasteiger partial charge >= 0.3 is 12.2 Å². The fourth-order valence-corrected chi connectivity index (χ4v) is 3.35. The lowest BCUT2D eigenvalue weighted by molar-refractivity contribution is -0.130. The highest BCUT2D eigenvalue weighted by Gasteiger charge is 2.27. The molecule has 38 heavy (non-hydrogen) atoms. The van der Waals surface area contributed by atoms with Crippen molar-refractivity contribution in [2.45, 2.75) is 70.7 Å². The van der Waals surface area contributed by atoms with Crippen LogP contribution in [0.2, 0.25) is 0 Å². The van der Waals surface area contributed by atoms with Crippen LogP contribution in [0, 0.1) is 0 Å². The second-order valence-corrected chi connectivity index (χ2v) is 9.53. The maximum absolute atomic E-state index is 13.1. The molecule has 0 aliphatic rings. The van der Waals surface area contributed by atoms with Crippen LogP contribution in [0.25, 0.3) is 0 Å². The first-order valence-electron chi connectivity index (χ1n) is 12.3. The molecule has 0 radical (unpaired) electrons. The Balaban J connectivity index is 1.92. The SMILES string of the molecule is CC(C)(C)OC(=O)NCCCCC(NC(=O)[C@@H](Cc1cnc[nH]1)NC(=O)OCc1ccccc1)C(=O)NN. The zero-order chi connectivity index (χ0) is 28.0. The molecule has 2 rings (SSSR count). The van der Waals surface area contributed by atoms with Crippen LogP contribution in [0.4, 0.5) is 9.59 Å². The van der Waals surface area contributed by atoms with Gasteiger partial charge in [0.1, 0.15) is 24.3 Å². The van der Waals surface area contributed by atoms with Crippen molar-refractivity contribution in [1.29, 1.82) is 0 Å². The van der Waals surface area contributed by atoms with Crippen LogP contribution in [0.15, 0.2) is 42.9 Å². The molecule has 1 unspecified atom stereocenters. The van der Waals surface area contributed by atoms with E-state index in [4.69, 9.17) is 15.3 Å². The molecule has 208 valence electrons. The maximum Gasteiger partial charge on any atom is 0.408 e. The number of carbonyl (C=O) groups excluding carboxylic acids is 4. The van der Waals surface area contributed by atoms with Crippen LogP contribution in [0.3, 0.4) is 0 Å². The normalized spacial score (nSPS) is 12.5. The number of unbranched alkanes of at least 4 members (excludes halogenated alkanes) is 1. The molecule has 0 bridgehead atoms. The summed E-state index contributed by atoms with van der Waals surface area (Å²) in [5.41, 5.74) is 2.83. The number of nitrogens with two attached hydrogens (primary N) is 1. The number of hydrogen-bond donors (Lipinski definition) is 6. The van der Waals surface area contributed by atoms with Crippen molar-refractivity contribution in [3.8, 4) is 0 Å². The van der Waals surface area contributed by atoms with Gasteiger partial charge in [0, 0.05) is 24.9 Å². The zero-order valence-corrected chi connectivity index (χ0v) is 21.9. The summed E-state index contributed by atoms with van der Waals surface area (Å²) in [6.07, 6.45) is 3.02. The van der Waals surface area contributed by atoms with Crippen LogP contribution < -0.4 is 27.2 Å². The van der Waals surface area contributed by atoms with E-state index in [1.54, 1.807) is 32.9 Å². The molecule has 2 aromatic rings. The van der Waals surface area contributed by atoms with E-state index in [0.717, 1.165) is 5.56 Å². The van der Waals surface area contributed by atoms with Gasteiger partial charge in [-0.25, -0.2) is 20.4 Å². The molecule has 7 N–H and O–H groups in total. The molecule has 0 aliphatic carbocycles. The van der Waals surface area contributed by atoms with Gasteiger partial charge in [0.15, 0.2) is 0 Å². The van der Waals surface area contributed by atoms with Gasteiger partial charge < -0.3 is 30.4 Å². The van der Waals surface area contributed by atoms with Crippen LogP contribution in [0.1, 0.15) is 51.3 Å². The summed E-state index contributed by atoms with van der Waals surface area (Å²) in [7, 11) is 0. The molecule has 0 aliphatic heterocycles. The number of aromatic amines is 1. The summed E-state index contributed by atoms with van der Waals surface area (Å²) in [4.78, 5) is 56.4. The van der Waals surface area contributed by atoms with Gasteiger partial charge in [-0.05, 0) is 45.6 Å². The van der Waals surface area contributed by atoms with E-state index in [-0.39, 0.29) is 19.4 Å². The fourth-order valence-electron chi connectivity index (χ4n) is 3.35. The quantitative estimate of drug-likeness (QED) is 0.0968. The number of amides is 4. The van der Waals surface area contributed by atoms with Gasteiger partial charge in [0.25, 0.3) is 5.91 Å². The van der Waals surface area contributed by atoms with Crippen molar-refractivity contribution < 1.29 is 28.7 Å². The third-order valence-electron chi connectivity index (χ3n) is 5.16. The Labute approximate surface area is 221 Å². The number of rotatable bonds is 13. The fraction of sp³-hybridized carbons (Fsp3) is 0.480. The second kappa shape index (κ2) is 15.2. The van der Waals surface area contributed by atoms with Crippen molar-refractivity contribution in [1.82, 2.24) is 31.3 Å². The van der Waals surface area contributed by atoms with Gasteiger partial charge in [-0.15, -0.1) is 0 Å². The number of H-pyrrole nitrogens is 1. The number of nitrogens with zero attached hydrogens (tertiary/aromatic N) is 1.